The van der Waals surface area contributed by atoms with E-state index in [4.69, 9.17) is 15.5 Å². The van der Waals surface area contributed by atoms with Gasteiger partial charge in [-0.2, -0.15) is 0 Å². The molecule has 1 aromatic rings. The second-order valence-corrected chi connectivity index (χ2v) is 3.31. The van der Waals surface area contributed by atoms with Crippen molar-refractivity contribution in [2.24, 2.45) is 0 Å². The number of benzene rings is 1. The first-order valence-electron chi connectivity index (χ1n) is 3.08. The first-order chi connectivity index (χ1) is 5.47. The van der Waals surface area contributed by atoms with Gasteiger partial charge in [0.2, 0.25) is 0 Å². The molecule has 0 saturated heterocycles. The number of hydrogen-bond donors (Lipinski definition) is 3. The molecule has 0 unspecified atom stereocenters. The summed E-state index contributed by atoms with van der Waals surface area (Å²) >= 11 is 0. The summed E-state index contributed by atoms with van der Waals surface area (Å²) in [5.41, 5.74) is 5.85. The fraction of sp³-hybridized carbons (Fsp3) is 0. The smallest absolute Gasteiger partial charge is 1.00 e. The number of anilines is 1. The molecule has 0 aromatic heterocycles. The molecule has 7 heteroatoms. The van der Waals surface area contributed by atoms with Gasteiger partial charge >= 0.3 is 59.2 Å². The van der Waals surface area contributed by atoms with Gasteiger partial charge in [-0.3, -0.25) is 9.79 Å². The van der Waals surface area contributed by atoms with Gasteiger partial charge in [0.05, 0.1) is 0 Å². The molecule has 0 atom stereocenters. The van der Waals surface area contributed by atoms with Gasteiger partial charge in [0, 0.05) is 5.69 Å². The van der Waals surface area contributed by atoms with E-state index >= 15 is 0 Å². The first kappa shape index (κ1) is 13.6. The van der Waals surface area contributed by atoms with E-state index in [0.717, 1.165) is 0 Å². The van der Waals surface area contributed by atoms with Gasteiger partial charge in [0.15, 0.2) is 0 Å². The van der Waals surface area contributed by atoms with E-state index < -0.39 is 7.82 Å². The van der Waals surface area contributed by atoms with Gasteiger partial charge in [-0.1, -0.05) is 0 Å². The molecule has 0 aliphatic carbocycles. The molecule has 0 saturated carbocycles. The molecule has 5 nitrogen and oxygen atoms in total. The van der Waals surface area contributed by atoms with Crippen molar-refractivity contribution in [2.75, 3.05) is 5.73 Å². The Hall–Kier alpha value is 0.606. The maximum atomic E-state index is 10.3. The molecule has 0 bridgehead atoms. The molecule has 1 rings (SSSR count). The second kappa shape index (κ2) is 5.48. The minimum Gasteiger partial charge on any atom is -1.00 e. The van der Waals surface area contributed by atoms with E-state index in [2.05, 4.69) is 4.52 Å². The van der Waals surface area contributed by atoms with Crippen molar-refractivity contribution in [2.45, 2.75) is 0 Å². The van der Waals surface area contributed by atoms with Crippen molar-refractivity contribution in [3.05, 3.63) is 24.3 Å². The zero-order chi connectivity index (χ0) is 9.19. The average Bonchev–Trinajstić information content (AvgIpc) is 1.91. The largest absolute Gasteiger partial charge is 1.00 e. The summed E-state index contributed by atoms with van der Waals surface area (Å²) in [6.07, 6.45) is 0. The molecule has 68 valence electrons. The predicted molar refractivity (Wildman–Crippen MR) is 44.6 cm³/mol. The molecule has 0 amide bonds. The predicted octanol–water partition coefficient (Wildman–Crippen LogP) is -2.14. The quantitative estimate of drug-likeness (QED) is 0.306. The third-order valence-electron chi connectivity index (χ3n) is 1.10. The number of phosphoric ester groups is 1. The SMILES string of the molecule is Nc1ccc(OP(=O)(O)O)cc1.[H-].[K+]. The van der Waals surface area contributed by atoms with Crippen LogP contribution in [-0.2, 0) is 4.57 Å². The normalized spacial score (nSPS) is 10.3. The third-order valence-corrected chi connectivity index (χ3v) is 1.55. The average molecular weight is 229 g/mol. The van der Waals surface area contributed by atoms with Crippen LogP contribution in [0.5, 0.6) is 5.75 Å². The van der Waals surface area contributed by atoms with Crippen LogP contribution in [0.4, 0.5) is 5.69 Å². The first-order valence-corrected chi connectivity index (χ1v) is 4.61. The number of nitrogens with two attached hydrogens (primary N) is 1. The molecule has 0 aliphatic rings. The summed E-state index contributed by atoms with van der Waals surface area (Å²) < 4.78 is 14.6. The van der Waals surface area contributed by atoms with Gasteiger partial charge in [-0.05, 0) is 24.3 Å². The van der Waals surface area contributed by atoms with Crippen molar-refractivity contribution in [1.29, 1.82) is 0 Å². The Balaban J connectivity index is 0. The van der Waals surface area contributed by atoms with Crippen LogP contribution < -0.4 is 61.6 Å². The number of nitrogen functional groups attached to an aromatic ring is 1. The van der Waals surface area contributed by atoms with Gasteiger partial charge in [0.25, 0.3) is 0 Å². The summed E-state index contributed by atoms with van der Waals surface area (Å²) in [7, 11) is -4.44. The monoisotopic (exact) mass is 229 g/mol. The Morgan fingerprint density at radius 1 is 1.31 bits per heavy atom. The second-order valence-electron chi connectivity index (χ2n) is 2.15. The number of hydrogen-bond acceptors (Lipinski definition) is 3. The maximum Gasteiger partial charge on any atom is 1.00 e. The molecule has 0 spiro atoms. The maximum absolute atomic E-state index is 10.3. The minimum absolute atomic E-state index is 0. The van der Waals surface area contributed by atoms with Gasteiger partial charge < -0.3 is 11.7 Å². The van der Waals surface area contributed by atoms with Crippen LogP contribution in [-0.4, -0.2) is 9.79 Å². The van der Waals surface area contributed by atoms with Gasteiger partial charge in [-0.25, -0.2) is 4.57 Å². The standard InChI is InChI=1S/C6H8NO4P.K.H/c7-5-1-3-6(4-2-5)11-12(8,9)10;;/h1-4H,7H2,(H2,8,9,10);;/q;+1;-1. The summed E-state index contributed by atoms with van der Waals surface area (Å²) in [6.45, 7) is 0. The molecule has 0 aliphatic heterocycles. The van der Waals surface area contributed by atoms with Crippen molar-refractivity contribution < 1.29 is 71.7 Å². The third kappa shape index (κ3) is 5.82. The summed E-state index contributed by atoms with van der Waals surface area (Å²) in [5.74, 6) is 0.0949. The Morgan fingerprint density at radius 2 is 1.77 bits per heavy atom. The van der Waals surface area contributed by atoms with Crippen molar-refractivity contribution in [1.82, 2.24) is 0 Å². The van der Waals surface area contributed by atoms with Crippen molar-refractivity contribution in [3.8, 4) is 5.75 Å². The Morgan fingerprint density at radius 3 is 2.15 bits per heavy atom. The van der Waals surface area contributed by atoms with Crippen LogP contribution >= 0.6 is 7.82 Å². The van der Waals surface area contributed by atoms with E-state index in [1.165, 1.54) is 24.3 Å². The van der Waals surface area contributed by atoms with Crippen molar-refractivity contribution >= 4 is 13.5 Å². The summed E-state index contributed by atoms with van der Waals surface area (Å²) in [5, 5.41) is 0. The van der Waals surface area contributed by atoms with Crippen LogP contribution in [0.25, 0.3) is 0 Å². The van der Waals surface area contributed by atoms with E-state index in [-0.39, 0.29) is 58.6 Å². The van der Waals surface area contributed by atoms with Crippen molar-refractivity contribution in [3.63, 3.8) is 0 Å². The van der Waals surface area contributed by atoms with Crippen LogP contribution in [0.1, 0.15) is 1.43 Å². The topological polar surface area (TPSA) is 92.8 Å². The zero-order valence-electron chi connectivity index (χ0n) is 8.04. The minimum atomic E-state index is -4.44. The zero-order valence-corrected chi connectivity index (χ0v) is 11.1. The molecule has 13 heavy (non-hydrogen) atoms. The van der Waals surface area contributed by atoms with Gasteiger partial charge in [-0.15, -0.1) is 0 Å². The fourth-order valence-corrected chi connectivity index (χ4v) is 1.06. The fourth-order valence-electron chi connectivity index (χ4n) is 0.666. The molecule has 0 heterocycles. The molecule has 0 fully saturated rings. The van der Waals surface area contributed by atoms with Gasteiger partial charge in [0.1, 0.15) is 5.75 Å². The molecule has 1 aromatic carbocycles. The molecule has 4 N–H and O–H groups in total. The van der Waals surface area contributed by atoms with E-state index in [0.29, 0.717) is 5.69 Å². The van der Waals surface area contributed by atoms with Crippen LogP contribution in [0, 0.1) is 0 Å². The number of phosphoric acid groups is 1. The summed E-state index contributed by atoms with van der Waals surface area (Å²) in [6, 6.07) is 5.75. The molecular formula is C6H9KNO4P. The molecule has 0 radical (unpaired) electrons. The Kier molecular flexibility index (Phi) is 5.73. The van der Waals surface area contributed by atoms with Crippen LogP contribution in [0.3, 0.4) is 0 Å². The van der Waals surface area contributed by atoms with E-state index in [1.807, 2.05) is 0 Å². The van der Waals surface area contributed by atoms with E-state index in [1.54, 1.807) is 0 Å². The van der Waals surface area contributed by atoms with Crippen LogP contribution in [0.15, 0.2) is 24.3 Å². The number of rotatable bonds is 2. The molecular weight excluding hydrogens is 220 g/mol. The van der Waals surface area contributed by atoms with Crippen LogP contribution in [0.2, 0.25) is 0 Å². The Labute approximate surface area is 119 Å². The van der Waals surface area contributed by atoms with E-state index in [9.17, 15) is 4.57 Å². The Bertz CT molecular complexity index is 314. The summed E-state index contributed by atoms with van der Waals surface area (Å²) in [4.78, 5) is 16.8.